The Morgan fingerprint density at radius 2 is 2.17 bits per heavy atom. The summed E-state index contributed by atoms with van der Waals surface area (Å²) in [5, 5.41) is 12.8. The van der Waals surface area contributed by atoms with Crippen LogP contribution in [0.3, 0.4) is 0 Å². The van der Waals surface area contributed by atoms with Crippen molar-refractivity contribution < 1.29 is 14.6 Å². The Kier molecular flexibility index (Phi) is 4.87. The average Bonchev–Trinajstić information content (AvgIpc) is 2.89. The Bertz CT molecular complexity index is 701. The molecule has 6 heteroatoms. The van der Waals surface area contributed by atoms with Gasteiger partial charge in [-0.2, -0.15) is 0 Å². The van der Waals surface area contributed by atoms with Crippen molar-refractivity contribution >= 4 is 17.2 Å². The van der Waals surface area contributed by atoms with Gasteiger partial charge in [-0.25, -0.2) is 4.98 Å². The first-order valence-electron chi connectivity index (χ1n) is 8.04. The minimum absolute atomic E-state index is 0.0709. The predicted molar refractivity (Wildman–Crippen MR) is 93.5 cm³/mol. The van der Waals surface area contributed by atoms with Gasteiger partial charge in [-0.05, 0) is 49.8 Å². The molecular formula is C18H22N2O3S. The van der Waals surface area contributed by atoms with E-state index in [1.54, 1.807) is 19.4 Å². The maximum atomic E-state index is 12.6. The normalized spacial score (nSPS) is 21.0. The highest BCUT2D eigenvalue weighted by Gasteiger charge is 2.36. The summed E-state index contributed by atoms with van der Waals surface area (Å²) in [5.41, 5.74) is 2.07. The summed E-state index contributed by atoms with van der Waals surface area (Å²) < 4.78 is 5.10. The van der Waals surface area contributed by atoms with E-state index in [1.807, 2.05) is 26.0 Å². The Balaban J connectivity index is 1.80. The molecule has 2 aromatic heterocycles. The van der Waals surface area contributed by atoms with Gasteiger partial charge in [0.25, 0.3) is 5.91 Å². The number of pyridine rings is 1. The third kappa shape index (κ3) is 3.44. The maximum absolute atomic E-state index is 12.6. The van der Waals surface area contributed by atoms with Gasteiger partial charge in [0.15, 0.2) is 0 Å². The molecule has 1 fully saturated rings. The molecule has 0 saturated heterocycles. The monoisotopic (exact) mass is 346 g/mol. The summed E-state index contributed by atoms with van der Waals surface area (Å²) >= 11 is 1.51. The smallest absolute Gasteiger partial charge is 0.261 e. The van der Waals surface area contributed by atoms with Crippen molar-refractivity contribution in [1.82, 2.24) is 10.3 Å². The maximum Gasteiger partial charge on any atom is 0.261 e. The number of thiophene rings is 1. The van der Waals surface area contributed by atoms with E-state index in [-0.39, 0.29) is 24.0 Å². The van der Waals surface area contributed by atoms with Crippen molar-refractivity contribution in [3.8, 4) is 5.88 Å². The minimum Gasteiger partial charge on any atom is -0.481 e. The number of aryl methyl sites for hydroxylation is 2. The molecule has 0 spiro atoms. The Labute approximate surface area is 145 Å². The van der Waals surface area contributed by atoms with Crippen LogP contribution in [0, 0.1) is 19.8 Å². The average molecular weight is 346 g/mol. The zero-order valence-electron chi connectivity index (χ0n) is 14.1. The molecule has 2 aromatic rings. The number of ether oxygens (including phenoxy) is 1. The molecular weight excluding hydrogens is 324 g/mol. The number of methoxy groups -OCH3 is 1. The molecule has 0 radical (unpaired) electrons. The molecule has 2 heterocycles. The molecule has 1 atom stereocenters. The second kappa shape index (κ2) is 6.91. The molecule has 24 heavy (non-hydrogen) atoms. The number of carbonyl (C=O) groups is 1. The van der Waals surface area contributed by atoms with E-state index in [9.17, 15) is 9.90 Å². The highest BCUT2D eigenvalue weighted by atomic mass is 32.1. The summed E-state index contributed by atoms with van der Waals surface area (Å²) in [6, 6.07) is 5.49. The number of aliphatic hydroxyl groups is 1. The first-order chi connectivity index (χ1) is 11.5. The van der Waals surface area contributed by atoms with E-state index in [2.05, 4.69) is 10.3 Å². The van der Waals surface area contributed by atoms with Crippen molar-refractivity contribution in [2.24, 2.45) is 5.92 Å². The number of rotatable bonds is 5. The first-order valence-corrected chi connectivity index (χ1v) is 8.85. The van der Waals surface area contributed by atoms with Crippen molar-refractivity contribution in [2.45, 2.75) is 38.8 Å². The van der Waals surface area contributed by atoms with Gasteiger partial charge in [-0.15, -0.1) is 11.3 Å². The van der Waals surface area contributed by atoms with Crippen molar-refractivity contribution in [2.75, 3.05) is 7.11 Å². The Morgan fingerprint density at radius 1 is 1.42 bits per heavy atom. The van der Waals surface area contributed by atoms with Crippen LogP contribution in [-0.2, 0) is 0 Å². The van der Waals surface area contributed by atoms with Crippen LogP contribution >= 0.6 is 11.3 Å². The highest BCUT2D eigenvalue weighted by molar-refractivity contribution is 7.14. The second-order valence-corrected chi connectivity index (χ2v) is 7.58. The minimum atomic E-state index is -0.271. The van der Waals surface area contributed by atoms with Crippen LogP contribution in [0.1, 0.15) is 44.6 Å². The molecule has 2 N–H and O–H groups in total. The number of amides is 1. The van der Waals surface area contributed by atoms with Crippen molar-refractivity contribution in [1.29, 1.82) is 0 Å². The molecule has 128 valence electrons. The van der Waals surface area contributed by atoms with E-state index in [0.717, 1.165) is 20.9 Å². The summed E-state index contributed by atoms with van der Waals surface area (Å²) in [6.07, 6.45) is 2.85. The lowest BCUT2D eigenvalue weighted by molar-refractivity contribution is 0.0235. The van der Waals surface area contributed by atoms with Crippen LogP contribution in [0.5, 0.6) is 5.88 Å². The molecule has 3 rings (SSSR count). The molecule has 1 amide bonds. The largest absolute Gasteiger partial charge is 0.481 e. The SMILES string of the molecule is COc1ccc(C(NC(=O)c2cc(C)c(C)s2)C2CC(O)C2)cn1. The number of hydrogen-bond donors (Lipinski definition) is 2. The van der Waals surface area contributed by atoms with Gasteiger partial charge in [0, 0.05) is 17.1 Å². The van der Waals surface area contributed by atoms with E-state index < -0.39 is 0 Å². The fourth-order valence-corrected chi connectivity index (χ4v) is 3.91. The van der Waals surface area contributed by atoms with Crippen LogP contribution in [-0.4, -0.2) is 29.2 Å². The zero-order valence-corrected chi connectivity index (χ0v) is 14.9. The number of nitrogens with one attached hydrogen (secondary N) is 1. The standard InChI is InChI=1S/C18H22N2O3S/c1-10-6-15(24-11(10)2)18(22)20-17(13-7-14(21)8-13)12-4-5-16(23-3)19-9-12/h4-6,9,13-14,17,21H,7-8H2,1-3H3,(H,20,22). The summed E-state index contributed by atoms with van der Waals surface area (Å²) in [6.45, 7) is 4.03. The Hall–Kier alpha value is -1.92. The van der Waals surface area contributed by atoms with Gasteiger partial charge in [0.05, 0.1) is 24.1 Å². The highest BCUT2D eigenvalue weighted by Crippen LogP contribution is 2.38. The number of nitrogens with zero attached hydrogens (tertiary/aromatic N) is 1. The molecule has 0 aliphatic heterocycles. The van der Waals surface area contributed by atoms with E-state index in [4.69, 9.17) is 4.74 Å². The van der Waals surface area contributed by atoms with Crippen LogP contribution in [0.15, 0.2) is 24.4 Å². The fourth-order valence-electron chi connectivity index (χ4n) is 2.97. The molecule has 1 aliphatic carbocycles. The quantitative estimate of drug-likeness (QED) is 0.873. The van der Waals surface area contributed by atoms with E-state index >= 15 is 0 Å². The number of aliphatic hydroxyl groups excluding tert-OH is 1. The third-order valence-corrected chi connectivity index (χ3v) is 5.78. The molecule has 5 nitrogen and oxygen atoms in total. The Morgan fingerprint density at radius 3 is 2.67 bits per heavy atom. The summed E-state index contributed by atoms with van der Waals surface area (Å²) in [7, 11) is 1.57. The van der Waals surface area contributed by atoms with Crippen molar-refractivity contribution in [3.05, 3.63) is 45.3 Å². The third-order valence-electron chi connectivity index (χ3n) is 4.62. The van der Waals surface area contributed by atoms with E-state index in [0.29, 0.717) is 18.7 Å². The number of hydrogen-bond acceptors (Lipinski definition) is 5. The molecule has 0 bridgehead atoms. The van der Waals surface area contributed by atoms with Crippen molar-refractivity contribution in [3.63, 3.8) is 0 Å². The second-order valence-electron chi connectivity index (χ2n) is 6.32. The molecule has 1 saturated carbocycles. The lowest BCUT2D eigenvalue weighted by atomic mass is 9.75. The lowest BCUT2D eigenvalue weighted by Gasteiger charge is -2.38. The van der Waals surface area contributed by atoms with Crippen LogP contribution in [0.25, 0.3) is 0 Å². The molecule has 1 unspecified atom stereocenters. The van der Waals surface area contributed by atoms with Crippen LogP contribution < -0.4 is 10.1 Å². The van der Waals surface area contributed by atoms with Gasteiger partial charge in [-0.3, -0.25) is 4.79 Å². The predicted octanol–water partition coefficient (Wildman–Crippen LogP) is 3.01. The van der Waals surface area contributed by atoms with Gasteiger partial charge in [0.1, 0.15) is 0 Å². The van der Waals surface area contributed by atoms with Crippen LogP contribution in [0.2, 0.25) is 0 Å². The zero-order chi connectivity index (χ0) is 17.3. The number of aromatic nitrogens is 1. The molecule has 1 aliphatic rings. The van der Waals surface area contributed by atoms with E-state index in [1.165, 1.54) is 11.3 Å². The van der Waals surface area contributed by atoms with Gasteiger partial charge in [0.2, 0.25) is 5.88 Å². The fraction of sp³-hybridized carbons (Fsp3) is 0.444. The van der Waals surface area contributed by atoms with Gasteiger partial charge in [-0.1, -0.05) is 6.07 Å². The van der Waals surface area contributed by atoms with Gasteiger partial charge >= 0.3 is 0 Å². The lowest BCUT2D eigenvalue weighted by Crippen LogP contribution is -2.41. The molecule has 0 aromatic carbocycles. The summed E-state index contributed by atoms with van der Waals surface area (Å²) in [5.74, 6) is 0.696. The number of carbonyl (C=O) groups excluding carboxylic acids is 1. The van der Waals surface area contributed by atoms with Gasteiger partial charge < -0.3 is 15.2 Å². The topological polar surface area (TPSA) is 71.5 Å². The van der Waals surface area contributed by atoms with Crippen LogP contribution in [0.4, 0.5) is 0 Å². The first kappa shape index (κ1) is 16.9. The summed E-state index contributed by atoms with van der Waals surface area (Å²) in [4.78, 5) is 18.8.